The number of carbonyl (C=O) groups is 1. The number of likely N-dealkylation sites (tertiary alicyclic amines) is 1. The van der Waals surface area contributed by atoms with Crippen LogP contribution < -0.4 is 4.90 Å². The summed E-state index contributed by atoms with van der Waals surface area (Å²) < 4.78 is 0. The summed E-state index contributed by atoms with van der Waals surface area (Å²) in [6.07, 6.45) is 6.10. The smallest absolute Gasteiger partial charge is 0.225 e. The number of piperazine rings is 1. The molecule has 2 saturated heterocycles. The van der Waals surface area contributed by atoms with Gasteiger partial charge in [-0.25, -0.2) is 9.97 Å². The zero-order chi connectivity index (χ0) is 19.3. The Bertz CT molecular complexity index is 789. The van der Waals surface area contributed by atoms with Crippen molar-refractivity contribution < 1.29 is 4.79 Å². The Labute approximate surface area is 167 Å². The van der Waals surface area contributed by atoms with E-state index < -0.39 is 0 Å². The second-order valence-electron chi connectivity index (χ2n) is 7.81. The van der Waals surface area contributed by atoms with E-state index in [0.717, 1.165) is 56.4 Å². The highest BCUT2D eigenvalue weighted by atomic mass is 16.2. The predicted octanol–water partition coefficient (Wildman–Crippen LogP) is 2.67. The van der Waals surface area contributed by atoms with Crippen LogP contribution in [-0.4, -0.2) is 71.5 Å². The molecule has 2 aliphatic heterocycles. The number of aromatic nitrogens is 2. The van der Waals surface area contributed by atoms with Crippen LogP contribution in [0.15, 0.2) is 42.6 Å². The Hall–Kier alpha value is -2.47. The molecule has 0 bridgehead atoms. The van der Waals surface area contributed by atoms with E-state index in [9.17, 15) is 4.79 Å². The molecule has 6 heteroatoms. The van der Waals surface area contributed by atoms with Crippen LogP contribution in [0.3, 0.4) is 0 Å². The minimum Gasteiger partial charge on any atom is -0.339 e. The highest BCUT2D eigenvalue weighted by Crippen LogP contribution is 2.21. The lowest BCUT2D eigenvalue weighted by molar-refractivity contribution is -0.133. The lowest BCUT2D eigenvalue weighted by Crippen LogP contribution is -2.50. The van der Waals surface area contributed by atoms with Gasteiger partial charge in [-0.15, -0.1) is 0 Å². The molecule has 0 radical (unpaired) electrons. The zero-order valence-electron chi connectivity index (χ0n) is 16.6. The summed E-state index contributed by atoms with van der Waals surface area (Å²) in [5.74, 6) is 1.04. The lowest BCUT2D eigenvalue weighted by Gasteiger charge is -2.37. The quantitative estimate of drug-likeness (QED) is 0.818. The third-order valence-electron chi connectivity index (χ3n) is 5.96. The largest absolute Gasteiger partial charge is 0.339 e. The maximum absolute atomic E-state index is 12.7. The van der Waals surface area contributed by atoms with Crippen LogP contribution in [0.5, 0.6) is 0 Å². The summed E-state index contributed by atoms with van der Waals surface area (Å²) in [5.41, 5.74) is 2.03. The van der Waals surface area contributed by atoms with Crippen molar-refractivity contribution in [3.63, 3.8) is 0 Å². The minimum atomic E-state index is 0.289. The Balaban J connectivity index is 1.34. The molecule has 1 aromatic carbocycles. The molecular formula is C22H29N5O. The summed E-state index contributed by atoms with van der Waals surface area (Å²) in [6.45, 7) is 4.16. The monoisotopic (exact) mass is 379 g/mol. The standard InChI is InChI=1S/C22H29N5O/c1-25-12-6-5-9-19(25)17-21(28)26-13-15-27(16-14-26)22-23-11-10-20(24-22)18-7-3-2-4-8-18/h2-4,7-8,10-11,19H,5-6,9,12-17H2,1H3/t19-/m1/s1. The normalized spacial score (nSPS) is 21.0. The van der Waals surface area contributed by atoms with Gasteiger partial charge >= 0.3 is 0 Å². The molecule has 148 valence electrons. The van der Waals surface area contributed by atoms with E-state index in [1.165, 1.54) is 12.8 Å². The molecule has 1 atom stereocenters. The van der Waals surface area contributed by atoms with Crippen LogP contribution in [0.1, 0.15) is 25.7 Å². The van der Waals surface area contributed by atoms with E-state index in [1.807, 2.05) is 35.4 Å². The van der Waals surface area contributed by atoms with Crippen LogP contribution in [0.4, 0.5) is 5.95 Å². The Morgan fingerprint density at radius 3 is 2.57 bits per heavy atom. The second kappa shape index (κ2) is 8.69. The molecule has 1 aromatic heterocycles. The van der Waals surface area contributed by atoms with Crippen LogP contribution in [0.25, 0.3) is 11.3 Å². The lowest BCUT2D eigenvalue weighted by atomic mass is 9.99. The number of amides is 1. The van der Waals surface area contributed by atoms with Crippen molar-refractivity contribution in [2.45, 2.75) is 31.7 Å². The van der Waals surface area contributed by atoms with Gasteiger partial charge in [-0.1, -0.05) is 36.8 Å². The summed E-state index contributed by atoms with van der Waals surface area (Å²) in [5, 5.41) is 0. The summed E-state index contributed by atoms with van der Waals surface area (Å²) in [6, 6.07) is 12.5. The van der Waals surface area contributed by atoms with E-state index in [2.05, 4.69) is 34.0 Å². The van der Waals surface area contributed by atoms with Gasteiger partial charge in [-0.3, -0.25) is 4.79 Å². The second-order valence-corrected chi connectivity index (χ2v) is 7.81. The molecule has 2 aliphatic rings. The maximum atomic E-state index is 12.7. The molecule has 0 N–H and O–H groups in total. The number of hydrogen-bond donors (Lipinski definition) is 0. The Kier molecular flexibility index (Phi) is 5.86. The average molecular weight is 380 g/mol. The summed E-state index contributed by atoms with van der Waals surface area (Å²) >= 11 is 0. The number of nitrogens with zero attached hydrogens (tertiary/aromatic N) is 5. The zero-order valence-corrected chi connectivity index (χ0v) is 16.6. The number of carbonyl (C=O) groups excluding carboxylic acids is 1. The molecule has 6 nitrogen and oxygen atoms in total. The van der Waals surface area contributed by atoms with Gasteiger partial charge < -0.3 is 14.7 Å². The first-order valence-corrected chi connectivity index (χ1v) is 10.3. The predicted molar refractivity (Wildman–Crippen MR) is 111 cm³/mol. The highest BCUT2D eigenvalue weighted by Gasteiger charge is 2.27. The third kappa shape index (κ3) is 4.33. The van der Waals surface area contributed by atoms with Gasteiger partial charge in [0, 0.05) is 50.4 Å². The Morgan fingerprint density at radius 2 is 1.82 bits per heavy atom. The van der Waals surface area contributed by atoms with Crippen LogP contribution in [0.2, 0.25) is 0 Å². The molecule has 4 rings (SSSR count). The Morgan fingerprint density at radius 1 is 1.04 bits per heavy atom. The molecule has 3 heterocycles. The number of anilines is 1. The fraction of sp³-hybridized carbons (Fsp3) is 0.500. The molecule has 2 fully saturated rings. The molecule has 2 aromatic rings. The maximum Gasteiger partial charge on any atom is 0.225 e. The van der Waals surface area contributed by atoms with E-state index in [4.69, 9.17) is 4.98 Å². The van der Waals surface area contributed by atoms with Crippen molar-refractivity contribution in [2.75, 3.05) is 44.7 Å². The van der Waals surface area contributed by atoms with Gasteiger partial charge in [0.15, 0.2) is 0 Å². The van der Waals surface area contributed by atoms with E-state index in [-0.39, 0.29) is 5.91 Å². The van der Waals surface area contributed by atoms with E-state index >= 15 is 0 Å². The van der Waals surface area contributed by atoms with Crippen molar-refractivity contribution in [3.05, 3.63) is 42.6 Å². The first-order valence-electron chi connectivity index (χ1n) is 10.3. The van der Waals surface area contributed by atoms with Crippen LogP contribution in [0, 0.1) is 0 Å². The summed E-state index contributed by atoms with van der Waals surface area (Å²) in [4.78, 5) is 28.5. The van der Waals surface area contributed by atoms with Gasteiger partial charge in [0.25, 0.3) is 0 Å². The number of hydrogen-bond acceptors (Lipinski definition) is 5. The highest BCUT2D eigenvalue weighted by molar-refractivity contribution is 5.77. The van der Waals surface area contributed by atoms with E-state index in [0.29, 0.717) is 12.5 Å². The SMILES string of the molecule is CN1CCCC[C@@H]1CC(=O)N1CCN(c2nccc(-c3ccccc3)n2)CC1. The van der Waals surface area contributed by atoms with Crippen LogP contribution >= 0.6 is 0 Å². The molecule has 28 heavy (non-hydrogen) atoms. The fourth-order valence-corrected chi connectivity index (χ4v) is 4.16. The first-order chi connectivity index (χ1) is 13.7. The molecule has 1 amide bonds. The van der Waals surface area contributed by atoms with Crippen LogP contribution in [-0.2, 0) is 4.79 Å². The molecular weight excluding hydrogens is 350 g/mol. The average Bonchev–Trinajstić information content (AvgIpc) is 2.76. The van der Waals surface area contributed by atoms with Crippen molar-refractivity contribution in [3.8, 4) is 11.3 Å². The minimum absolute atomic E-state index is 0.289. The fourth-order valence-electron chi connectivity index (χ4n) is 4.16. The van der Waals surface area contributed by atoms with Gasteiger partial charge in [0.2, 0.25) is 11.9 Å². The number of piperidine rings is 1. The van der Waals surface area contributed by atoms with Gasteiger partial charge in [-0.05, 0) is 32.5 Å². The van der Waals surface area contributed by atoms with Gasteiger partial charge in [-0.2, -0.15) is 0 Å². The van der Waals surface area contributed by atoms with Crippen molar-refractivity contribution in [1.82, 2.24) is 19.8 Å². The van der Waals surface area contributed by atoms with Crippen molar-refractivity contribution in [2.24, 2.45) is 0 Å². The number of rotatable bonds is 4. The van der Waals surface area contributed by atoms with Crippen molar-refractivity contribution >= 4 is 11.9 Å². The first kappa shape index (κ1) is 18.9. The van der Waals surface area contributed by atoms with Crippen molar-refractivity contribution in [1.29, 1.82) is 0 Å². The topological polar surface area (TPSA) is 52.6 Å². The van der Waals surface area contributed by atoms with E-state index in [1.54, 1.807) is 0 Å². The van der Waals surface area contributed by atoms with Gasteiger partial charge in [0.1, 0.15) is 0 Å². The molecule has 0 aliphatic carbocycles. The summed E-state index contributed by atoms with van der Waals surface area (Å²) in [7, 11) is 2.14. The molecule has 0 saturated carbocycles. The van der Waals surface area contributed by atoms with Gasteiger partial charge in [0.05, 0.1) is 5.69 Å². The molecule has 0 unspecified atom stereocenters. The third-order valence-corrected chi connectivity index (χ3v) is 5.96. The molecule has 0 spiro atoms. The number of benzene rings is 1.